The SMILES string of the molecule is COC1CC[C@@]2(OC)CCN(C(=O)c3c[nH]c(=O)c4ccccc34)C2C1. The van der Waals surface area contributed by atoms with Crippen LogP contribution in [-0.4, -0.2) is 54.3 Å². The summed E-state index contributed by atoms with van der Waals surface area (Å²) in [7, 11) is 3.46. The summed E-state index contributed by atoms with van der Waals surface area (Å²) in [6.07, 6.45) is 5.13. The molecular formula is C20H24N2O4. The smallest absolute Gasteiger partial charge is 0.256 e. The van der Waals surface area contributed by atoms with Crippen LogP contribution in [0.4, 0.5) is 0 Å². The average molecular weight is 356 g/mol. The fourth-order valence-electron chi connectivity index (χ4n) is 4.66. The number of fused-ring (bicyclic) bond motifs is 2. The van der Waals surface area contributed by atoms with Crippen molar-refractivity contribution in [2.45, 2.75) is 43.4 Å². The Bertz CT molecular complexity index is 893. The second-order valence-corrected chi connectivity index (χ2v) is 7.24. The highest BCUT2D eigenvalue weighted by molar-refractivity contribution is 6.06. The van der Waals surface area contributed by atoms with Crippen molar-refractivity contribution in [2.24, 2.45) is 0 Å². The Morgan fingerprint density at radius 2 is 2.00 bits per heavy atom. The number of rotatable bonds is 3. The molecular weight excluding hydrogens is 332 g/mol. The van der Waals surface area contributed by atoms with E-state index < -0.39 is 0 Å². The van der Waals surface area contributed by atoms with Gasteiger partial charge >= 0.3 is 0 Å². The molecule has 4 rings (SSSR count). The number of ether oxygens (including phenoxy) is 2. The van der Waals surface area contributed by atoms with E-state index in [0.717, 1.165) is 25.7 Å². The number of aromatic amines is 1. The van der Waals surface area contributed by atoms with Crippen LogP contribution in [0.2, 0.25) is 0 Å². The average Bonchev–Trinajstić information content (AvgIpc) is 3.07. The molecule has 0 spiro atoms. The molecule has 2 heterocycles. The molecule has 3 atom stereocenters. The molecule has 26 heavy (non-hydrogen) atoms. The van der Waals surface area contributed by atoms with Crippen molar-refractivity contribution in [1.82, 2.24) is 9.88 Å². The first-order valence-electron chi connectivity index (χ1n) is 9.09. The van der Waals surface area contributed by atoms with Crippen LogP contribution in [0.3, 0.4) is 0 Å². The van der Waals surface area contributed by atoms with E-state index >= 15 is 0 Å². The minimum atomic E-state index is -0.289. The number of pyridine rings is 1. The summed E-state index contributed by atoms with van der Waals surface area (Å²) in [6, 6.07) is 7.22. The monoisotopic (exact) mass is 356 g/mol. The number of carbonyl (C=O) groups is 1. The zero-order valence-corrected chi connectivity index (χ0v) is 15.2. The van der Waals surface area contributed by atoms with E-state index in [9.17, 15) is 9.59 Å². The molecule has 1 saturated heterocycles. The Balaban J connectivity index is 1.73. The van der Waals surface area contributed by atoms with Gasteiger partial charge in [-0.3, -0.25) is 9.59 Å². The number of amides is 1. The van der Waals surface area contributed by atoms with Crippen molar-refractivity contribution in [1.29, 1.82) is 0 Å². The molecule has 2 aromatic rings. The third-order valence-electron chi connectivity index (χ3n) is 6.18. The van der Waals surface area contributed by atoms with Crippen LogP contribution in [0.5, 0.6) is 0 Å². The molecule has 1 aliphatic heterocycles. The van der Waals surface area contributed by atoms with Gasteiger partial charge < -0.3 is 19.4 Å². The highest BCUT2D eigenvalue weighted by Crippen LogP contribution is 2.43. The Morgan fingerprint density at radius 1 is 1.23 bits per heavy atom. The van der Waals surface area contributed by atoms with Crippen LogP contribution in [0.15, 0.2) is 35.3 Å². The standard InChI is InChI=1S/C20H24N2O4/c1-25-13-7-8-20(26-2)9-10-22(17(20)11-13)19(24)16-12-21-18(23)15-6-4-3-5-14(15)16/h3-6,12-13,17H,7-11H2,1-2H3,(H,21,23)/t13?,17?,20-/m1/s1. The van der Waals surface area contributed by atoms with Gasteiger partial charge in [-0.25, -0.2) is 0 Å². The molecule has 0 radical (unpaired) electrons. The predicted molar refractivity (Wildman–Crippen MR) is 98.4 cm³/mol. The second-order valence-electron chi connectivity index (χ2n) is 7.24. The van der Waals surface area contributed by atoms with Gasteiger partial charge in [-0.05, 0) is 31.7 Å². The Morgan fingerprint density at radius 3 is 2.73 bits per heavy atom. The van der Waals surface area contributed by atoms with Crippen LogP contribution in [0, 0.1) is 0 Å². The number of aromatic nitrogens is 1. The van der Waals surface area contributed by atoms with Crippen LogP contribution in [-0.2, 0) is 9.47 Å². The summed E-state index contributed by atoms with van der Waals surface area (Å²) >= 11 is 0. The first-order valence-corrected chi connectivity index (χ1v) is 9.09. The van der Waals surface area contributed by atoms with Crippen LogP contribution < -0.4 is 5.56 Å². The van der Waals surface area contributed by atoms with Gasteiger partial charge in [-0.15, -0.1) is 0 Å². The first-order chi connectivity index (χ1) is 12.6. The molecule has 1 aliphatic carbocycles. The Hall–Kier alpha value is -2.18. The van der Waals surface area contributed by atoms with Crippen molar-refractivity contribution in [3.05, 3.63) is 46.4 Å². The Labute approximate surface area is 152 Å². The number of hydrogen-bond acceptors (Lipinski definition) is 4. The lowest BCUT2D eigenvalue weighted by molar-refractivity contribution is -0.0893. The van der Waals surface area contributed by atoms with Gasteiger partial charge in [0.05, 0.1) is 23.3 Å². The van der Waals surface area contributed by atoms with Crippen LogP contribution in [0.1, 0.15) is 36.0 Å². The minimum absolute atomic E-state index is 0.00982. The molecule has 2 unspecified atom stereocenters. The molecule has 138 valence electrons. The number of likely N-dealkylation sites (tertiary alicyclic amines) is 1. The van der Waals surface area contributed by atoms with Gasteiger partial charge in [0, 0.05) is 37.7 Å². The van der Waals surface area contributed by atoms with Gasteiger partial charge in [-0.1, -0.05) is 18.2 Å². The quantitative estimate of drug-likeness (QED) is 0.916. The van der Waals surface area contributed by atoms with Gasteiger partial charge in [0.25, 0.3) is 11.5 Å². The molecule has 1 aromatic heterocycles. The van der Waals surface area contributed by atoms with Crippen molar-refractivity contribution in [3.63, 3.8) is 0 Å². The number of carbonyl (C=O) groups excluding carboxylic acids is 1. The highest BCUT2D eigenvalue weighted by Gasteiger charge is 2.52. The maximum atomic E-state index is 13.4. The van der Waals surface area contributed by atoms with E-state index in [2.05, 4.69) is 4.98 Å². The lowest BCUT2D eigenvalue weighted by atomic mass is 9.79. The zero-order chi connectivity index (χ0) is 18.3. The molecule has 1 aromatic carbocycles. The molecule has 1 amide bonds. The topological polar surface area (TPSA) is 71.6 Å². The molecule has 1 N–H and O–H groups in total. The van der Waals surface area contributed by atoms with E-state index in [0.29, 0.717) is 22.9 Å². The first kappa shape index (κ1) is 17.2. The number of hydrogen-bond donors (Lipinski definition) is 1. The normalized spacial score (nSPS) is 28.3. The van der Waals surface area contributed by atoms with E-state index in [-0.39, 0.29) is 29.2 Å². The molecule has 0 bridgehead atoms. The second kappa shape index (κ2) is 6.52. The molecule has 1 saturated carbocycles. The van der Waals surface area contributed by atoms with Gasteiger partial charge in [-0.2, -0.15) is 0 Å². The fourth-order valence-corrected chi connectivity index (χ4v) is 4.66. The summed E-state index contributed by atoms with van der Waals surface area (Å²) in [5, 5.41) is 1.23. The summed E-state index contributed by atoms with van der Waals surface area (Å²) in [5.41, 5.74) is 0.0661. The van der Waals surface area contributed by atoms with Crippen LogP contribution >= 0.6 is 0 Å². The van der Waals surface area contributed by atoms with E-state index in [1.54, 1.807) is 20.3 Å². The van der Waals surface area contributed by atoms with Crippen molar-refractivity contribution in [3.8, 4) is 0 Å². The molecule has 2 fully saturated rings. The third kappa shape index (κ3) is 2.56. The Kier molecular flexibility index (Phi) is 4.32. The molecule has 6 heteroatoms. The van der Waals surface area contributed by atoms with E-state index in [1.165, 1.54) is 6.20 Å². The predicted octanol–water partition coefficient (Wildman–Crippen LogP) is 2.33. The third-order valence-corrected chi connectivity index (χ3v) is 6.18. The number of nitrogens with one attached hydrogen (secondary N) is 1. The van der Waals surface area contributed by atoms with Gasteiger partial charge in [0.15, 0.2) is 0 Å². The largest absolute Gasteiger partial charge is 0.381 e. The highest BCUT2D eigenvalue weighted by atomic mass is 16.5. The number of H-pyrrole nitrogens is 1. The van der Waals surface area contributed by atoms with Crippen molar-refractivity contribution in [2.75, 3.05) is 20.8 Å². The number of benzene rings is 1. The van der Waals surface area contributed by atoms with Crippen molar-refractivity contribution >= 4 is 16.7 Å². The zero-order valence-electron chi connectivity index (χ0n) is 15.2. The molecule has 2 aliphatic rings. The summed E-state index contributed by atoms with van der Waals surface area (Å²) in [6.45, 7) is 0.654. The molecule has 6 nitrogen and oxygen atoms in total. The van der Waals surface area contributed by atoms with Gasteiger partial charge in [0.2, 0.25) is 0 Å². The number of methoxy groups -OCH3 is 2. The number of nitrogens with zero attached hydrogens (tertiary/aromatic N) is 1. The summed E-state index contributed by atoms with van der Waals surface area (Å²) < 4.78 is 11.5. The van der Waals surface area contributed by atoms with E-state index in [4.69, 9.17) is 9.47 Å². The maximum Gasteiger partial charge on any atom is 0.256 e. The fraction of sp³-hybridized carbons (Fsp3) is 0.500. The van der Waals surface area contributed by atoms with Gasteiger partial charge in [0.1, 0.15) is 0 Å². The van der Waals surface area contributed by atoms with Crippen molar-refractivity contribution < 1.29 is 14.3 Å². The minimum Gasteiger partial charge on any atom is -0.381 e. The maximum absolute atomic E-state index is 13.4. The summed E-state index contributed by atoms with van der Waals surface area (Å²) in [4.78, 5) is 30.1. The van der Waals surface area contributed by atoms with Crippen LogP contribution in [0.25, 0.3) is 10.8 Å². The lowest BCUT2D eigenvalue weighted by Crippen LogP contribution is -2.53. The summed E-state index contributed by atoms with van der Waals surface area (Å²) in [5.74, 6) is -0.0573. The van der Waals surface area contributed by atoms with E-state index in [1.807, 2.05) is 23.1 Å². The lowest BCUT2D eigenvalue weighted by Gasteiger charge is -2.43.